The minimum absolute atomic E-state index is 0.0186. The van der Waals surface area contributed by atoms with E-state index in [1.54, 1.807) is 18.2 Å². The molecule has 0 fully saturated rings. The van der Waals surface area contributed by atoms with E-state index in [0.717, 1.165) is 12.1 Å². The highest BCUT2D eigenvalue weighted by molar-refractivity contribution is 6.03. The number of benzene rings is 2. The quantitative estimate of drug-likeness (QED) is 0.614. The Kier molecular flexibility index (Phi) is 5.07. The standard InChI is InChI=1S/C19H13F4N3O/c20-13-4-6-14(7-5-13)25-16-8-9-17(24-11-16)18(27)26-15-3-1-2-12(10-15)19(21,22)23/h1-11,25H,(H,26,27). The van der Waals surface area contributed by atoms with Crippen LogP contribution in [0.5, 0.6) is 0 Å². The van der Waals surface area contributed by atoms with Gasteiger partial charge in [0, 0.05) is 11.4 Å². The van der Waals surface area contributed by atoms with Gasteiger partial charge in [0.05, 0.1) is 17.4 Å². The molecule has 3 rings (SSSR count). The van der Waals surface area contributed by atoms with E-state index in [1.807, 2.05) is 0 Å². The Balaban J connectivity index is 1.68. The van der Waals surface area contributed by atoms with Crippen molar-refractivity contribution in [3.8, 4) is 0 Å². The molecule has 0 unspecified atom stereocenters. The summed E-state index contributed by atoms with van der Waals surface area (Å²) in [6.45, 7) is 0. The molecule has 1 aromatic heterocycles. The van der Waals surface area contributed by atoms with Crippen LogP contribution < -0.4 is 10.6 Å². The van der Waals surface area contributed by atoms with Gasteiger partial charge >= 0.3 is 6.18 Å². The fourth-order valence-corrected chi connectivity index (χ4v) is 2.27. The van der Waals surface area contributed by atoms with Crippen molar-refractivity contribution in [1.82, 2.24) is 4.98 Å². The Hall–Kier alpha value is -3.42. The van der Waals surface area contributed by atoms with E-state index in [0.29, 0.717) is 11.4 Å². The van der Waals surface area contributed by atoms with Crippen molar-refractivity contribution >= 4 is 23.0 Å². The minimum atomic E-state index is -4.49. The van der Waals surface area contributed by atoms with E-state index >= 15 is 0 Å². The van der Waals surface area contributed by atoms with Gasteiger partial charge in [0.15, 0.2) is 0 Å². The largest absolute Gasteiger partial charge is 0.416 e. The van der Waals surface area contributed by atoms with Crippen molar-refractivity contribution in [3.05, 3.63) is 83.9 Å². The summed E-state index contributed by atoms with van der Waals surface area (Å²) in [5.41, 5.74) is 0.408. The number of nitrogens with one attached hydrogen (secondary N) is 2. The Bertz CT molecular complexity index is 938. The molecule has 1 heterocycles. The molecular formula is C19H13F4N3O. The molecule has 0 aliphatic carbocycles. The third-order valence-electron chi connectivity index (χ3n) is 3.58. The van der Waals surface area contributed by atoms with E-state index in [-0.39, 0.29) is 17.2 Å². The number of hydrogen-bond donors (Lipinski definition) is 2. The first-order valence-corrected chi connectivity index (χ1v) is 7.78. The van der Waals surface area contributed by atoms with Gasteiger partial charge in [-0.2, -0.15) is 13.2 Å². The number of nitrogens with zero attached hydrogens (tertiary/aromatic N) is 1. The van der Waals surface area contributed by atoms with E-state index in [2.05, 4.69) is 15.6 Å². The lowest BCUT2D eigenvalue weighted by molar-refractivity contribution is -0.137. The van der Waals surface area contributed by atoms with Crippen molar-refractivity contribution in [2.45, 2.75) is 6.18 Å². The van der Waals surface area contributed by atoms with Crippen LogP contribution in [-0.2, 0) is 6.18 Å². The summed E-state index contributed by atoms with van der Waals surface area (Å²) in [4.78, 5) is 16.2. The van der Waals surface area contributed by atoms with Gasteiger partial charge in [0.2, 0.25) is 0 Å². The number of amides is 1. The predicted octanol–water partition coefficient (Wildman–Crippen LogP) is 5.24. The monoisotopic (exact) mass is 375 g/mol. The topological polar surface area (TPSA) is 54.0 Å². The van der Waals surface area contributed by atoms with Gasteiger partial charge in [-0.3, -0.25) is 4.79 Å². The lowest BCUT2D eigenvalue weighted by atomic mass is 10.2. The summed E-state index contributed by atoms with van der Waals surface area (Å²) in [6, 6.07) is 13.0. The minimum Gasteiger partial charge on any atom is -0.354 e. The van der Waals surface area contributed by atoms with Crippen LogP contribution in [0, 0.1) is 5.82 Å². The van der Waals surface area contributed by atoms with Gasteiger partial charge < -0.3 is 10.6 Å². The molecule has 0 saturated carbocycles. The fraction of sp³-hybridized carbons (Fsp3) is 0.0526. The number of halogens is 4. The second-order valence-corrected chi connectivity index (χ2v) is 5.60. The van der Waals surface area contributed by atoms with Crippen LogP contribution in [0.3, 0.4) is 0 Å². The Morgan fingerprint density at radius 2 is 1.59 bits per heavy atom. The molecule has 0 spiro atoms. The Morgan fingerprint density at radius 1 is 0.889 bits per heavy atom. The van der Waals surface area contributed by atoms with Crippen molar-refractivity contribution in [2.24, 2.45) is 0 Å². The number of hydrogen-bond acceptors (Lipinski definition) is 3. The van der Waals surface area contributed by atoms with Crippen LogP contribution in [0.2, 0.25) is 0 Å². The highest BCUT2D eigenvalue weighted by Gasteiger charge is 2.30. The molecule has 0 bridgehead atoms. The summed E-state index contributed by atoms with van der Waals surface area (Å²) >= 11 is 0. The summed E-state index contributed by atoms with van der Waals surface area (Å²) in [7, 11) is 0. The Labute approximate surface area is 151 Å². The fourth-order valence-electron chi connectivity index (χ4n) is 2.27. The second kappa shape index (κ2) is 7.45. The number of carbonyl (C=O) groups is 1. The summed E-state index contributed by atoms with van der Waals surface area (Å²) in [6.07, 6.45) is -3.10. The van der Waals surface area contributed by atoms with Crippen molar-refractivity contribution in [1.29, 1.82) is 0 Å². The number of alkyl halides is 3. The van der Waals surface area contributed by atoms with Gasteiger partial charge in [-0.1, -0.05) is 6.07 Å². The molecule has 0 aliphatic heterocycles. The van der Waals surface area contributed by atoms with Crippen molar-refractivity contribution in [2.75, 3.05) is 10.6 Å². The van der Waals surface area contributed by atoms with Crippen LogP contribution in [0.25, 0.3) is 0 Å². The number of carbonyl (C=O) groups excluding carboxylic acids is 1. The predicted molar refractivity (Wildman–Crippen MR) is 93.3 cm³/mol. The highest BCUT2D eigenvalue weighted by atomic mass is 19.4. The van der Waals surface area contributed by atoms with Gasteiger partial charge in [-0.05, 0) is 54.6 Å². The lowest BCUT2D eigenvalue weighted by Gasteiger charge is -2.10. The maximum Gasteiger partial charge on any atom is 0.416 e. The maximum absolute atomic E-state index is 12.9. The van der Waals surface area contributed by atoms with E-state index in [4.69, 9.17) is 0 Å². The molecule has 138 valence electrons. The zero-order valence-corrected chi connectivity index (χ0v) is 13.7. The maximum atomic E-state index is 12.9. The molecule has 2 N–H and O–H groups in total. The second-order valence-electron chi connectivity index (χ2n) is 5.60. The van der Waals surface area contributed by atoms with Crippen molar-refractivity contribution < 1.29 is 22.4 Å². The molecule has 8 heteroatoms. The van der Waals surface area contributed by atoms with Crippen LogP contribution in [-0.4, -0.2) is 10.9 Å². The first-order chi connectivity index (χ1) is 12.8. The molecular weight excluding hydrogens is 362 g/mol. The van der Waals surface area contributed by atoms with E-state index < -0.39 is 17.6 Å². The molecule has 0 saturated heterocycles. The van der Waals surface area contributed by atoms with Crippen LogP contribution in [0.15, 0.2) is 66.9 Å². The first kappa shape index (κ1) is 18.4. The molecule has 4 nitrogen and oxygen atoms in total. The smallest absolute Gasteiger partial charge is 0.354 e. The third kappa shape index (κ3) is 4.81. The molecule has 2 aromatic carbocycles. The van der Waals surface area contributed by atoms with Gasteiger partial charge in [-0.15, -0.1) is 0 Å². The third-order valence-corrected chi connectivity index (χ3v) is 3.58. The molecule has 0 atom stereocenters. The summed E-state index contributed by atoms with van der Waals surface area (Å²) < 4.78 is 51.1. The average Bonchev–Trinajstić information content (AvgIpc) is 2.64. The normalized spacial score (nSPS) is 11.1. The Morgan fingerprint density at radius 3 is 2.22 bits per heavy atom. The zero-order valence-electron chi connectivity index (χ0n) is 13.7. The van der Waals surface area contributed by atoms with Gasteiger partial charge in [0.1, 0.15) is 11.5 Å². The summed E-state index contributed by atoms with van der Waals surface area (Å²) in [5, 5.41) is 5.37. The zero-order chi connectivity index (χ0) is 19.4. The number of aromatic nitrogens is 1. The number of pyridine rings is 1. The number of rotatable bonds is 4. The van der Waals surface area contributed by atoms with Crippen LogP contribution >= 0.6 is 0 Å². The lowest BCUT2D eigenvalue weighted by Crippen LogP contribution is -2.14. The van der Waals surface area contributed by atoms with Gasteiger partial charge in [0.25, 0.3) is 5.91 Å². The first-order valence-electron chi connectivity index (χ1n) is 7.78. The summed E-state index contributed by atoms with van der Waals surface area (Å²) in [5.74, 6) is -0.997. The van der Waals surface area contributed by atoms with Crippen molar-refractivity contribution in [3.63, 3.8) is 0 Å². The molecule has 1 amide bonds. The SMILES string of the molecule is O=C(Nc1cccc(C(F)(F)F)c1)c1ccc(Nc2ccc(F)cc2)cn1. The van der Waals surface area contributed by atoms with Crippen LogP contribution in [0.4, 0.5) is 34.6 Å². The van der Waals surface area contributed by atoms with E-state index in [9.17, 15) is 22.4 Å². The highest BCUT2D eigenvalue weighted by Crippen LogP contribution is 2.30. The average molecular weight is 375 g/mol. The number of anilines is 3. The van der Waals surface area contributed by atoms with Crippen LogP contribution in [0.1, 0.15) is 16.1 Å². The molecule has 27 heavy (non-hydrogen) atoms. The van der Waals surface area contributed by atoms with E-state index in [1.165, 1.54) is 36.5 Å². The molecule has 0 radical (unpaired) electrons. The molecule has 3 aromatic rings. The molecule has 0 aliphatic rings. The van der Waals surface area contributed by atoms with Gasteiger partial charge in [-0.25, -0.2) is 9.37 Å².